The molecule has 2 fully saturated rings. The number of para-hydroxylation sites is 1. The van der Waals surface area contributed by atoms with Crippen LogP contribution in [0.4, 0.5) is 5.69 Å². The smallest absolute Gasteiger partial charge is 0.265 e. The number of hydrogen-bond acceptors (Lipinski definition) is 6. The second kappa shape index (κ2) is 6.57. The van der Waals surface area contributed by atoms with Crippen LogP contribution in [0.1, 0.15) is 17.2 Å². The molecule has 3 heterocycles. The fraction of sp³-hybridized carbons (Fsp3) is 0.263. The molecule has 138 valence electrons. The Hall–Kier alpha value is -3.10. The molecule has 0 aliphatic carbocycles. The maximum absolute atomic E-state index is 13.2. The highest BCUT2D eigenvalue weighted by Crippen LogP contribution is 2.45. The summed E-state index contributed by atoms with van der Waals surface area (Å²) in [7, 11) is 0. The molecule has 1 aromatic heterocycles. The van der Waals surface area contributed by atoms with E-state index < -0.39 is 29.9 Å². The van der Waals surface area contributed by atoms with E-state index in [1.54, 1.807) is 36.7 Å². The molecule has 0 bridgehead atoms. The van der Waals surface area contributed by atoms with Crippen LogP contribution in [-0.4, -0.2) is 40.4 Å². The molecule has 3 atom stereocenters. The SMILES string of the molecule is Cc1ccccc1N1C(=O)C2ON(CC(N)=O)C(c3cccnc3)C2C1=O. The van der Waals surface area contributed by atoms with Gasteiger partial charge in [0.15, 0.2) is 6.10 Å². The zero-order valence-electron chi connectivity index (χ0n) is 14.6. The number of nitrogens with two attached hydrogens (primary N) is 1. The van der Waals surface area contributed by atoms with Gasteiger partial charge in [-0.15, -0.1) is 0 Å². The molecule has 2 aliphatic rings. The van der Waals surface area contributed by atoms with E-state index in [-0.39, 0.29) is 12.5 Å². The molecule has 0 radical (unpaired) electrons. The van der Waals surface area contributed by atoms with E-state index in [9.17, 15) is 14.4 Å². The number of pyridine rings is 1. The van der Waals surface area contributed by atoms with Gasteiger partial charge in [-0.25, -0.2) is 4.90 Å². The summed E-state index contributed by atoms with van der Waals surface area (Å²) in [5.74, 6) is -2.19. The van der Waals surface area contributed by atoms with Gasteiger partial charge in [0, 0.05) is 12.4 Å². The summed E-state index contributed by atoms with van der Waals surface area (Å²) < 4.78 is 0. The van der Waals surface area contributed by atoms with Crippen molar-refractivity contribution in [2.45, 2.75) is 19.1 Å². The maximum atomic E-state index is 13.2. The van der Waals surface area contributed by atoms with Crippen LogP contribution in [0.15, 0.2) is 48.8 Å². The average molecular weight is 366 g/mol. The van der Waals surface area contributed by atoms with E-state index in [1.165, 1.54) is 9.96 Å². The molecule has 8 nitrogen and oxygen atoms in total. The molecule has 1 aromatic carbocycles. The van der Waals surface area contributed by atoms with Gasteiger partial charge in [-0.1, -0.05) is 24.3 Å². The Morgan fingerprint density at radius 2 is 1.96 bits per heavy atom. The number of anilines is 1. The standard InChI is InChI=1S/C19H18N4O4/c1-11-5-2-3-7-13(11)23-18(25)15-16(12-6-4-8-21-9-12)22(10-14(20)24)27-17(15)19(23)26/h2-9,15-17H,10H2,1H3,(H2,20,24). The lowest BCUT2D eigenvalue weighted by atomic mass is 9.91. The van der Waals surface area contributed by atoms with Crippen LogP contribution in [0.25, 0.3) is 0 Å². The van der Waals surface area contributed by atoms with E-state index in [2.05, 4.69) is 4.98 Å². The number of aromatic nitrogens is 1. The van der Waals surface area contributed by atoms with Crippen LogP contribution in [0.3, 0.4) is 0 Å². The molecule has 3 unspecified atom stereocenters. The second-order valence-corrected chi connectivity index (χ2v) is 6.62. The molecule has 8 heteroatoms. The molecule has 27 heavy (non-hydrogen) atoms. The molecule has 2 aromatic rings. The number of rotatable bonds is 4. The van der Waals surface area contributed by atoms with Crippen LogP contribution in [-0.2, 0) is 19.2 Å². The Morgan fingerprint density at radius 3 is 2.63 bits per heavy atom. The summed E-state index contributed by atoms with van der Waals surface area (Å²) in [6.45, 7) is 1.61. The summed E-state index contributed by atoms with van der Waals surface area (Å²) in [6.07, 6.45) is 2.20. The molecule has 2 saturated heterocycles. The van der Waals surface area contributed by atoms with Crippen LogP contribution in [0, 0.1) is 12.8 Å². The van der Waals surface area contributed by atoms with Crippen molar-refractivity contribution in [1.29, 1.82) is 0 Å². The van der Waals surface area contributed by atoms with Crippen molar-refractivity contribution in [3.63, 3.8) is 0 Å². The highest BCUT2D eigenvalue weighted by atomic mass is 16.7. The predicted molar refractivity (Wildman–Crippen MR) is 94.9 cm³/mol. The third kappa shape index (κ3) is 2.79. The Bertz CT molecular complexity index is 917. The van der Waals surface area contributed by atoms with Gasteiger partial charge in [0.1, 0.15) is 6.54 Å². The minimum absolute atomic E-state index is 0.225. The third-order valence-electron chi connectivity index (χ3n) is 4.89. The van der Waals surface area contributed by atoms with Crippen molar-refractivity contribution in [1.82, 2.24) is 10.0 Å². The van der Waals surface area contributed by atoms with Gasteiger partial charge in [0.05, 0.1) is 17.6 Å². The first-order chi connectivity index (χ1) is 13.0. The normalized spacial score (nSPS) is 25.1. The van der Waals surface area contributed by atoms with Crippen LogP contribution < -0.4 is 10.6 Å². The summed E-state index contributed by atoms with van der Waals surface area (Å²) in [4.78, 5) is 48.6. The van der Waals surface area contributed by atoms with Gasteiger partial charge in [-0.2, -0.15) is 5.06 Å². The van der Waals surface area contributed by atoms with Gasteiger partial charge >= 0.3 is 0 Å². The number of fused-ring (bicyclic) bond motifs is 1. The molecular weight excluding hydrogens is 348 g/mol. The predicted octanol–water partition coefficient (Wildman–Crippen LogP) is 0.722. The number of carbonyl (C=O) groups is 3. The van der Waals surface area contributed by atoms with Crippen LogP contribution in [0.2, 0.25) is 0 Å². The monoisotopic (exact) mass is 366 g/mol. The Balaban J connectivity index is 1.75. The number of benzene rings is 1. The molecule has 2 aliphatic heterocycles. The molecule has 4 rings (SSSR count). The molecule has 0 saturated carbocycles. The average Bonchev–Trinajstić information content (AvgIpc) is 3.12. The molecule has 2 N–H and O–H groups in total. The van der Waals surface area contributed by atoms with E-state index in [1.807, 2.05) is 19.1 Å². The summed E-state index contributed by atoms with van der Waals surface area (Å²) >= 11 is 0. The van der Waals surface area contributed by atoms with Crippen molar-refractivity contribution in [3.8, 4) is 0 Å². The summed E-state index contributed by atoms with van der Waals surface area (Å²) in [6, 6.07) is 10.1. The highest BCUT2D eigenvalue weighted by molar-refractivity contribution is 6.24. The van der Waals surface area contributed by atoms with Crippen molar-refractivity contribution in [2.75, 3.05) is 11.4 Å². The number of hydroxylamine groups is 2. The minimum Gasteiger partial charge on any atom is -0.368 e. The first kappa shape index (κ1) is 17.3. The van der Waals surface area contributed by atoms with Gasteiger partial charge in [0.2, 0.25) is 11.8 Å². The lowest BCUT2D eigenvalue weighted by Gasteiger charge is -2.26. The Morgan fingerprint density at radius 1 is 1.19 bits per heavy atom. The van der Waals surface area contributed by atoms with Crippen LogP contribution >= 0.6 is 0 Å². The summed E-state index contributed by atoms with van der Waals surface area (Å²) in [5, 5.41) is 1.32. The quantitative estimate of drug-likeness (QED) is 0.800. The lowest BCUT2D eigenvalue weighted by molar-refractivity contribution is -0.175. The zero-order valence-corrected chi connectivity index (χ0v) is 14.6. The zero-order chi connectivity index (χ0) is 19.1. The molecule has 3 amide bonds. The second-order valence-electron chi connectivity index (χ2n) is 6.62. The topological polar surface area (TPSA) is 106 Å². The number of nitrogens with zero attached hydrogens (tertiary/aromatic N) is 3. The Labute approximate surface area is 155 Å². The number of imide groups is 1. The minimum atomic E-state index is -0.998. The van der Waals surface area contributed by atoms with Crippen molar-refractivity contribution < 1.29 is 19.2 Å². The largest absolute Gasteiger partial charge is 0.368 e. The van der Waals surface area contributed by atoms with Crippen molar-refractivity contribution in [3.05, 3.63) is 59.9 Å². The fourth-order valence-corrected chi connectivity index (χ4v) is 3.74. The fourth-order valence-electron chi connectivity index (χ4n) is 3.74. The van der Waals surface area contributed by atoms with Crippen molar-refractivity contribution >= 4 is 23.4 Å². The lowest BCUT2D eigenvalue weighted by Crippen LogP contribution is -2.40. The van der Waals surface area contributed by atoms with E-state index in [4.69, 9.17) is 10.6 Å². The first-order valence-electron chi connectivity index (χ1n) is 8.54. The van der Waals surface area contributed by atoms with Crippen molar-refractivity contribution in [2.24, 2.45) is 11.7 Å². The van der Waals surface area contributed by atoms with Gasteiger partial charge in [0.25, 0.3) is 5.91 Å². The van der Waals surface area contributed by atoms with E-state index in [0.29, 0.717) is 11.3 Å². The molecule has 0 spiro atoms. The molecular formula is C19H18N4O4. The first-order valence-corrected chi connectivity index (χ1v) is 8.54. The maximum Gasteiger partial charge on any atom is 0.265 e. The van der Waals surface area contributed by atoms with Gasteiger partial charge < -0.3 is 5.73 Å². The highest BCUT2D eigenvalue weighted by Gasteiger charge is 2.60. The van der Waals surface area contributed by atoms with Gasteiger partial charge in [-0.05, 0) is 30.2 Å². The Kier molecular flexibility index (Phi) is 4.21. The number of hydrogen-bond donors (Lipinski definition) is 1. The number of aryl methyl sites for hydroxylation is 1. The number of primary amides is 1. The van der Waals surface area contributed by atoms with E-state index >= 15 is 0 Å². The third-order valence-corrected chi connectivity index (χ3v) is 4.89. The van der Waals surface area contributed by atoms with E-state index in [0.717, 1.165) is 5.56 Å². The van der Waals surface area contributed by atoms with Gasteiger partial charge in [-0.3, -0.25) is 24.2 Å². The van der Waals surface area contributed by atoms with Crippen LogP contribution in [0.5, 0.6) is 0 Å². The number of amides is 3. The number of carbonyl (C=O) groups excluding carboxylic acids is 3. The summed E-state index contributed by atoms with van der Waals surface area (Å²) in [5.41, 5.74) is 7.34.